The third kappa shape index (κ3) is 5.01. The number of Topliss-reactive ketones (excluding diaryl/α,β-unsaturated/α-hetero) is 1. The number of ether oxygens (including phenoxy) is 2. The molecular formula is C27H23N3O8S. The summed E-state index contributed by atoms with van der Waals surface area (Å²) in [6, 6.07) is 8.86. The lowest BCUT2D eigenvalue weighted by Crippen LogP contribution is -2.29. The Labute approximate surface area is 226 Å². The van der Waals surface area contributed by atoms with Gasteiger partial charge in [0, 0.05) is 17.7 Å². The molecule has 11 nitrogen and oxygen atoms in total. The zero-order chi connectivity index (χ0) is 28.4. The van der Waals surface area contributed by atoms with Crippen LogP contribution in [0.2, 0.25) is 0 Å². The Hall–Kier alpha value is -4.84. The monoisotopic (exact) mass is 549 g/mol. The quantitative estimate of drug-likeness (QED) is 0.0806. The number of nitro groups is 1. The number of thiazole rings is 1. The summed E-state index contributed by atoms with van der Waals surface area (Å²) in [5.74, 6) is -2.64. The Bertz CT molecular complexity index is 1560. The third-order valence-corrected chi connectivity index (χ3v) is 7.16. The summed E-state index contributed by atoms with van der Waals surface area (Å²) in [5, 5.41) is 22.8. The van der Waals surface area contributed by atoms with Crippen molar-refractivity contribution >= 4 is 45.6 Å². The van der Waals surface area contributed by atoms with E-state index in [1.54, 1.807) is 26.0 Å². The molecular weight excluding hydrogens is 526 g/mol. The molecule has 0 bridgehead atoms. The van der Waals surface area contributed by atoms with Crippen molar-refractivity contribution in [2.24, 2.45) is 0 Å². The van der Waals surface area contributed by atoms with Crippen molar-refractivity contribution < 1.29 is 33.9 Å². The van der Waals surface area contributed by atoms with E-state index >= 15 is 0 Å². The first-order chi connectivity index (χ1) is 18.6. The number of esters is 1. The van der Waals surface area contributed by atoms with Crippen molar-refractivity contribution in [1.29, 1.82) is 0 Å². The van der Waals surface area contributed by atoms with E-state index in [-0.39, 0.29) is 44.7 Å². The second-order valence-electron chi connectivity index (χ2n) is 8.50. The second kappa shape index (κ2) is 10.9. The molecule has 200 valence electrons. The van der Waals surface area contributed by atoms with Crippen molar-refractivity contribution in [2.75, 3.05) is 18.6 Å². The summed E-state index contributed by atoms with van der Waals surface area (Å²) in [5.41, 5.74) is 0.802. The molecule has 0 saturated carbocycles. The minimum absolute atomic E-state index is 0.0124. The van der Waals surface area contributed by atoms with Crippen molar-refractivity contribution in [3.63, 3.8) is 0 Å². The zero-order valence-corrected chi connectivity index (χ0v) is 22.0. The third-order valence-electron chi connectivity index (χ3n) is 6.02. The Morgan fingerprint density at radius 1 is 1.26 bits per heavy atom. The molecule has 39 heavy (non-hydrogen) atoms. The highest BCUT2D eigenvalue weighted by atomic mass is 32.1. The van der Waals surface area contributed by atoms with Gasteiger partial charge in [-0.15, -0.1) is 0 Å². The van der Waals surface area contributed by atoms with Crippen LogP contribution in [0.25, 0.3) is 5.76 Å². The standard InChI is InChI=1S/C27H23N3O8S/c1-5-11-38-26(34)24-15(3)28-27(39-24)29-21(16-7-6-8-18(13-16)30(35)36)20(23(32)25(29)33)22(31)17-9-10-19(37-4)14(2)12-17/h5-10,12-13,21,31H,1,11H2,2-4H3/b22-20+/t21-/m1/s1. The number of methoxy groups -OCH3 is 1. The van der Waals surface area contributed by atoms with E-state index in [1.165, 1.54) is 43.5 Å². The Balaban J connectivity index is 1.93. The topological polar surface area (TPSA) is 149 Å². The number of non-ortho nitro benzene ring substituents is 1. The molecule has 1 fully saturated rings. The molecule has 2 heterocycles. The number of nitrogens with zero attached hydrogens (tertiary/aromatic N) is 3. The Kier molecular flexibility index (Phi) is 7.58. The number of carbonyl (C=O) groups is 3. The molecule has 12 heteroatoms. The maximum absolute atomic E-state index is 13.4. The summed E-state index contributed by atoms with van der Waals surface area (Å²) >= 11 is 0.825. The smallest absolute Gasteiger partial charge is 0.350 e. The van der Waals surface area contributed by atoms with Gasteiger partial charge in [0.25, 0.3) is 11.5 Å². The van der Waals surface area contributed by atoms with Crippen LogP contribution in [0.4, 0.5) is 10.8 Å². The van der Waals surface area contributed by atoms with Crippen LogP contribution >= 0.6 is 11.3 Å². The first kappa shape index (κ1) is 27.2. The minimum Gasteiger partial charge on any atom is -0.507 e. The van der Waals surface area contributed by atoms with Gasteiger partial charge in [0.05, 0.1) is 29.3 Å². The van der Waals surface area contributed by atoms with Crippen molar-refractivity contribution in [3.05, 3.63) is 98.1 Å². The number of aryl methyl sites for hydroxylation is 2. The molecule has 1 amide bonds. The van der Waals surface area contributed by atoms with Crippen molar-refractivity contribution in [2.45, 2.75) is 19.9 Å². The highest BCUT2D eigenvalue weighted by Gasteiger charge is 2.48. The van der Waals surface area contributed by atoms with Gasteiger partial charge < -0.3 is 14.6 Å². The lowest BCUT2D eigenvalue weighted by Gasteiger charge is -2.23. The predicted molar refractivity (Wildman–Crippen MR) is 143 cm³/mol. The molecule has 1 N–H and O–H groups in total. The van der Waals surface area contributed by atoms with Gasteiger partial charge in [0.15, 0.2) is 5.13 Å². The fraction of sp³-hybridized carbons (Fsp3) is 0.185. The van der Waals surface area contributed by atoms with Crippen LogP contribution < -0.4 is 9.64 Å². The summed E-state index contributed by atoms with van der Waals surface area (Å²) in [6.45, 7) is 6.76. The molecule has 0 aliphatic carbocycles. The Morgan fingerprint density at radius 2 is 2.00 bits per heavy atom. The van der Waals surface area contributed by atoms with Gasteiger partial charge >= 0.3 is 11.9 Å². The molecule has 4 rings (SSSR count). The fourth-order valence-electron chi connectivity index (χ4n) is 4.21. The molecule has 0 radical (unpaired) electrons. The van der Waals surface area contributed by atoms with E-state index in [0.29, 0.717) is 11.3 Å². The average Bonchev–Trinajstić information content (AvgIpc) is 3.43. The number of aliphatic hydroxyl groups excluding tert-OH is 1. The number of hydrogen-bond donors (Lipinski definition) is 1. The lowest BCUT2D eigenvalue weighted by molar-refractivity contribution is -0.384. The molecule has 1 aliphatic heterocycles. The van der Waals surface area contributed by atoms with E-state index in [9.17, 15) is 29.6 Å². The fourth-order valence-corrected chi connectivity index (χ4v) is 5.20. The van der Waals surface area contributed by atoms with Crippen LogP contribution in [0.15, 0.2) is 60.7 Å². The summed E-state index contributed by atoms with van der Waals surface area (Å²) in [7, 11) is 1.49. The van der Waals surface area contributed by atoms with Gasteiger partial charge in [-0.1, -0.05) is 36.1 Å². The largest absolute Gasteiger partial charge is 0.507 e. The van der Waals surface area contributed by atoms with Gasteiger partial charge in [-0.05, 0) is 43.2 Å². The van der Waals surface area contributed by atoms with Crippen molar-refractivity contribution in [3.8, 4) is 5.75 Å². The molecule has 1 atom stereocenters. The average molecular weight is 550 g/mol. The van der Waals surface area contributed by atoms with Crippen LogP contribution in [0.3, 0.4) is 0 Å². The number of aromatic nitrogens is 1. The van der Waals surface area contributed by atoms with E-state index in [1.807, 2.05) is 0 Å². The number of nitro benzene ring substituents is 1. The first-order valence-corrected chi connectivity index (χ1v) is 12.4. The highest BCUT2D eigenvalue weighted by molar-refractivity contribution is 7.17. The number of aliphatic hydroxyl groups is 1. The Morgan fingerprint density at radius 3 is 2.64 bits per heavy atom. The number of carbonyl (C=O) groups excluding carboxylic acids is 3. The normalized spacial score (nSPS) is 16.3. The summed E-state index contributed by atoms with van der Waals surface area (Å²) < 4.78 is 10.4. The number of ketones is 1. The summed E-state index contributed by atoms with van der Waals surface area (Å²) in [4.78, 5) is 55.7. The van der Waals surface area contributed by atoms with Crippen LogP contribution in [0.1, 0.15) is 38.1 Å². The van der Waals surface area contributed by atoms with Crippen LogP contribution in [-0.4, -0.2) is 46.4 Å². The number of benzene rings is 2. The molecule has 1 aromatic heterocycles. The van der Waals surface area contributed by atoms with Gasteiger partial charge in [-0.3, -0.25) is 24.6 Å². The van der Waals surface area contributed by atoms with Gasteiger partial charge in [0.2, 0.25) is 0 Å². The highest BCUT2D eigenvalue weighted by Crippen LogP contribution is 2.44. The number of amides is 1. The lowest BCUT2D eigenvalue weighted by atomic mass is 9.94. The molecule has 1 aliphatic rings. The van der Waals surface area contributed by atoms with Crippen LogP contribution in [-0.2, 0) is 14.3 Å². The predicted octanol–water partition coefficient (Wildman–Crippen LogP) is 4.65. The summed E-state index contributed by atoms with van der Waals surface area (Å²) in [6.07, 6.45) is 1.40. The second-order valence-corrected chi connectivity index (χ2v) is 9.48. The zero-order valence-electron chi connectivity index (χ0n) is 21.2. The van der Waals surface area contributed by atoms with E-state index in [0.717, 1.165) is 16.2 Å². The van der Waals surface area contributed by atoms with Crippen LogP contribution in [0, 0.1) is 24.0 Å². The number of rotatable bonds is 8. The molecule has 2 aromatic carbocycles. The van der Waals surface area contributed by atoms with E-state index in [2.05, 4.69) is 11.6 Å². The van der Waals surface area contributed by atoms with Gasteiger partial charge in [0.1, 0.15) is 23.0 Å². The number of hydrogen-bond acceptors (Lipinski definition) is 10. The van der Waals surface area contributed by atoms with E-state index < -0.39 is 34.4 Å². The SMILES string of the molecule is C=CCOC(=O)c1sc(N2C(=O)C(=O)/C(=C(/O)c3ccc(OC)c(C)c3)[C@H]2c2cccc([N+](=O)[O-])c2)nc1C. The number of anilines is 1. The molecule has 0 spiro atoms. The van der Waals surface area contributed by atoms with Gasteiger partial charge in [-0.2, -0.15) is 0 Å². The molecule has 1 saturated heterocycles. The van der Waals surface area contributed by atoms with Crippen LogP contribution in [0.5, 0.6) is 5.75 Å². The maximum atomic E-state index is 13.4. The van der Waals surface area contributed by atoms with Crippen molar-refractivity contribution in [1.82, 2.24) is 4.98 Å². The molecule has 0 unspecified atom stereocenters. The maximum Gasteiger partial charge on any atom is 0.350 e. The minimum atomic E-state index is -1.27. The van der Waals surface area contributed by atoms with E-state index in [4.69, 9.17) is 9.47 Å². The van der Waals surface area contributed by atoms with Gasteiger partial charge in [-0.25, -0.2) is 9.78 Å². The molecule has 3 aromatic rings. The first-order valence-electron chi connectivity index (χ1n) is 11.5.